The molecular formula is C11H15ClN2O5S. The van der Waals surface area contributed by atoms with Crippen molar-refractivity contribution in [1.29, 1.82) is 0 Å². The van der Waals surface area contributed by atoms with Crippen LogP contribution in [0.5, 0.6) is 0 Å². The van der Waals surface area contributed by atoms with E-state index in [0.717, 1.165) is 12.1 Å². The van der Waals surface area contributed by atoms with Gasteiger partial charge in [0.2, 0.25) is 10.0 Å². The predicted octanol–water partition coefficient (Wildman–Crippen LogP) is 1.54. The van der Waals surface area contributed by atoms with Gasteiger partial charge in [0.15, 0.2) is 4.90 Å². The number of rotatable bonds is 6. The van der Waals surface area contributed by atoms with Gasteiger partial charge in [0, 0.05) is 29.7 Å². The molecule has 0 fully saturated rings. The third kappa shape index (κ3) is 4.14. The summed E-state index contributed by atoms with van der Waals surface area (Å²) in [5, 5.41) is 20.0. The van der Waals surface area contributed by atoms with Crippen molar-refractivity contribution < 1.29 is 18.4 Å². The normalized spacial score (nSPS) is 12.4. The Morgan fingerprint density at radius 3 is 2.55 bits per heavy atom. The summed E-state index contributed by atoms with van der Waals surface area (Å²) in [5.41, 5.74) is -1.26. The zero-order valence-corrected chi connectivity index (χ0v) is 12.5. The number of nitro benzene ring substituents is 1. The fourth-order valence-electron chi connectivity index (χ4n) is 1.28. The number of nitrogens with zero attached hydrogens (tertiary/aromatic N) is 1. The fraction of sp³-hybridized carbons (Fsp3) is 0.455. The number of sulfonamides is 1. The van der Waals surface area contributed by atoms with Gasteiger partial charge in [-0.1, -0.05) is 25.4 Å². The van der Waals surface area contributed by atoms with E-state index in [1.165, 1.54) is 6.07 Å². The molecule has 0 aliphatic rings. The van der Waals surface area contributed by atoms with Gasteiger partial charge in [0.1, 0.15) is 0 Å². The molecule has 0 aliphatic heterocycles. The van der Waals surface area contributed by atoms with E-state index in [-0.39, 0.29) is 18.2 Å². The topological polar surface area (TPSA) is 110 Å². The molecule has 1 rings (SSSR count). The molecule has 0 atom stereocenters. The largest absolute Gasteiger partial charge is 0.396 e. The highest BCUT2D eigenvalue weighted by atomic mass is 35.5. The molecule has 0 unspecified atom stereocenters. The molecule has 0 saturated heterocycles. The molecule has 20 heavy (non-hydrogen) atoms. The zero-order chi connectivity index (χ0) is 15.6. The summed E-state index contributed by atoms with van der Waals surface area (Å²) in [6, 6.07) is 3.32. The minimum absolute atomic E-state index is 0.0500. The maximum atomic E-state index is 12.1. The predicted molar refractivity (Wildman–Crippen MR) is 74.2 cm³/mol. The highest BCUT2D eigenvalue weighted by Crippen LogP contribution is 2.27. The van der Waals surface area contributed by atoms with Crippen molar-refractivity contribution in [2.75, 3.05) is 13.2 Å². The molecule has 0 heterocycles. The smallest absolute Gasteiger partial charge is 0.290 e. The van der Waals surface area contributed by atoms with E-state index in [4.69, 9.17) is 16.7 Å². The zero-order valence-electron chi connectivity index (χ0n) is 11.0. The highest BCUT2D eigenvalue weighted by Gasteiger charge is 2.28. The summed E-state index contributed by atoms with van der Waals surface area (Å²) in [7, 11) is -4.06. The van der Waals surface area contributed by atoms with E-state index < -0.39 is 30.9 Å². The van der Waals surface area contributed by atoms with Crippen LogP contribution in [-0.2, 0) is 10.0 Å². The van der Waals surface area contributed by atoms with Gasteiger partial charge in [0.25, 0.3) is 5.69 Å². The monoisotopic (exact) mass is 322 g/mol. The molecule has 7 nitrogen and oxygen atoms in total. The number of benzene rings is 1. The summed E-state index contributed by atoms with van der Waals surface area (Å²) in [5.74, 6) is 0. The van der Waals surface area contributed by atoms with Crippen LogP contribution >= 0.6 is 11.6 Å². The highest BCUT2D eigenvalue weighted by molar-refractivity contribution is 7.89. The molecule has 9 heteroatoms. The molecule has 0 aromatic heterocycles. The van der Waals surface area contributed by atoms with Crippen LogP contribution in [0, 0.1) is 15.5 Å². The fourth-order valence-corrected chi connectivity index (χ4v) is 2.84. The van der Waals surface area contributed by atoms with Gasteiger partial charge in [-0.05, 0) is 12.1 Å². The molecule has 0 saturated carbocycles. The Kier molecular flexibility index (Phi) is 5.09. The van der Waals surface area contributed by atoms with Crippen LogP contribution in [0.4, 0.5) is 5.69 Å². The maximum Gasteiger partial charge on any atom is 0.290 e. The van der Waals surface area contributed by atoms with Crippen LogP contribution in [0.15, 0.2) is 23.1 Å². The van der Waals surface area contributed by atoms with E-state index in [9.17, 15) is 18.5 Å². The van der Waals surface area contributed by atoms with Crippen LogP contribution in [0.25, 0.3) is 0 Å². The third-order valence-electron chi connectivity index (χ3n) is 2.58. The molecular weight excluding hydrogens is 308 g/mol. The lowest BCUT2D eigenvalue weighted by molar-refractivity contribution is -0.387. The number of hydrogen-bond acceptors (Lipinski definition) is 5. The van der Waals surface area contributed by atoms with E-state index in [0.29, 0.717) is 0 Å². The minimum Gasteiger partial charge on any atom is -0.396 e. The Labute approximate surface area is 121 Å². The van der Waals surface area contributed by atoms with Gasteiger partial charge < -0.3 is 5.11 Å². The van der Waals surface area contributed by atoms with Gasteiger partial charge in [-0.3, -0.25) is 10.1 Å². The van der Waals surface area contributed by atoms with Gasteiger partial charge in [-0.15, -0.1) is 0 Å². The first-order valence-electron chi connectivity index (χ1n) is 5.63. The average molecular weight is 323 g/mol. The molecule has 0 spiro atoms. The summed E-state index contributed by atoms with van der Waals surface area (Å²) >= 11 is 5.63. The SMILES string of the molecule is CC(C)(CO)CNS(=O)(=O)c1ccc(Cl)cc1[N+](=O)[O-]. The number of halogens is 1. The summed E-state index contributed by atoms with van der Waals surface area (Å²) < 4.78 is 26.4. The van der Waals surface area contributed by atoms with Crippen LogP contribution in [0.3, 0.4) is 0 Å². The van der Waals surface area contributed by atoms with Crippen molar-refractivity contribution in [1.82, 2.24) is 4.72 Å². The Balaban J connectivity index is 3.13. The molecule has 0 amide bonds. The molecule has 1 aromatic carbocycles. The Hall–Kier alpha value is -1.22. The molecule has 112 valence electrons. The van der Waals surface area contributed by atoms with Gasteiger partial charge >= 0.3 is 0 Å². The standard InChI is InChI=1S/C11H15ClN2O5S/c1-11(2,7-15)6-13-20(18,19)10-4-3-8(12)5-9(10)14(16)17/h3-5,13,15H,6-7H2,1-2H3. The summed E-state index contributed by atoms with van der Waals surface area (Å²) in [6.45, 7) is 3.04. The van der Waals surface area contributed by atoms with Gasteiger partial charge in [-0.25, -0.2) is 13.1 Å². The van der Waals surface area contributed by atoms with Gasteiger partial charge in [-0.2, -0.15) is 0 Å². The van der Waals surface area contributed by atoms with Crippen molar-refractivity contribution in [3.63, 3.8) is 0 Å². The van der Waals surface area contributed by atoms with Crippen molar-refractivity contribution in [3.05, 3.63) is 33.3 Å². The lowest BCUT2D eigenvalue weighted by atomic mass is 9.96. The number of aliphatic hydroxyl groups is 1. The first kappa shape index (κ1) is 16.8. The second kappa shape index (κ2) is 6.04. The van der Waals surface area contributed by atoms with Crippen molar-refractivity contribution >= 4 is 27.3 Å². The Morgan fingerprint density at radius 1 is 1.45 bits per heavy atom. The molecule has 2 N–H and O–H groups in total. The molecule has 0 bridgehead atoms. The number of aliphatic hydroxyl groups excluding tert-OH is 1. The first-order valence-corrected chi connectivity index (χ1v) is 7.50. The van der Waals surface area contributed by atoms with Crippen LogP contribution in [-0.4, -0.2) is 31.6 Å². The van der Waals surface area contributed by atoms with E-state index in [1.54, 1.807) is 13.8 Å². The van der Waals surface area contributed by atoms with Crippen molar-refractivity contribution in [2.45, 2.75) is 18.7 Å². The van der Waals surface area contributed by atoms with Crippen LogP contribution in [0.2, 0.25) is 5.02 Å². The molecule has 1 aromatic rings. The average Bonchev–Trinajstić information content (AvgIpc) is 2.36. The maximum absolute atomic E-state index is 12.1. The third-order valence-corrected chi connectivity index (χ3v) is 4.26. The van der Waals surface area contributed by atoms with Crippen LogP contribution in [0.1, 0.15) is 13.8 Å². The lowest BCUT2D eigenvalue weighted by Gasteiger charge is -2.21. The Morgan fingerprint density at radius 2 is 2.05 bits per heavy atom. The first-order chi connectivity index (χ1) is 9.09. The van der Waals surface area contributed by atoms with Crippen molar-refractivity contribution in [2.24, 2.45) is 5.41 Å². The second-order valence-electron chi connectivity index (χ2n) is 5.02. The van der Waals surface area contributed by atoms with Gasteiger partial charge in [0.05, 0.1) is 4.92 Å². The number of hydrogen-bond donors (Lipinski definition) is 2. The second-order valence-corrected chi connectivity index (χ2v) is 7.19. The van der Waals surface area contributed by atoms with Crippen LogP contribution < -0.4 is 4.72 Å². The molecule has 0 aliphatic carbocycles. The number of nitro groups is 1. The minimum atomic E-state index is -4.06. The summed E-state index contributed by atoms with van der Waals surface area (Å²) in [4.78, 5) is 9.63. The van der Waals surface area contributed by atoms with E-state index >= 15 is 0 Å². The quantitative estimate of drug-likeness (QED) is 0.610. The molecule has 0 radical (unpaired) electrons. The van der Waals surface area contributed by atoms with E-state index in [2.05, 4.69) is 4.72 Å². The van der Waals surface area contributed by atoms with E-state index in [1.807, 2.05) is 0 Å². The van der Waals surface area contributed by atoms with Crippen molar-refractivity contribution in [3.8, 4) is 0 Å². The lowest BCUT2D eigenvalue weighted by Crippen LogP contribution is -2.36. The Bertz CT molecular complexity index is 615. The number of nitrogens with one attached hydrogen (secondary N) is 1. The summed E-state index contributed by atoms with van der Waals surface area (Å²) in [6.07, 6.45) is 0.